The van der Waals surface area contributed by atoms with Gasteiger partial charge in [0.2, 0.25) is 11.9 Å². The summed E-state index contributed by atoms with van der Waals surface area (Å²) in [6.45, 7) is 1.83. The molecule has 0 radical (unpaired) electrons. The van der Waals surface area contributed by atoms with Crippen LogP contribution in [0.3, 0.4) is 0 Å². The van der Waals surface area contributed by atoms with Crippen LogP contribution in [0, 0.1) is 0 Å². The largest absolute Gasteiger partial charge is 0.360 e. The van der Waals surface area contributed by atoms with Crippen LogP contribution in [0.1, 0.15) is 16.8 Å². The Morgan fingerprint density at radius 2 is 1.97 bits per heavy atom. The highest BCUT2D eigenvalue weighted by Gasteiger charge is 2.27. The van der Waals surface area contributed by atoms with Gasteiger partial charge in [0.15, 0.2) is 0 Å². The number of para-hydroxylation sites is 1. The van der Waals surface area contributed by atoms with Crippen molar-refractivity contribution in [2.45, 2.75) is 12.5 Å². The first-order chi connectivity index (χ1) is 18.9. The van der Waals surface area contributed by atoms with Crippen LogP contribution in [0.4, 0.5) is 11.6 Å². The first-order valence-corrected chi connectivity index (χ1v) is 13.1. The highest BCUT2D eigenvalue weighted by Crippen LogP contribution is 2.32. The number of nitrogens with zero attached hydrogens (tertiary/aromatic N) is 4. The standard InChI is InChI=1S/C29H30ClN7O2/c1-36(2)14-5-8-26(38)33-20-11-9-19(10-12-20)28(39)37-15-13-21(18-37)34-29-32-17-24(30)27(35-29)23-16-31-25-7-4-3-6-22(23)25/h3-12,16-17,21,31H,13-15,18H2,1-2H3,(H,33,38)(H,32,34,35)/b8-5+/t21-/m0/s1. The van der Waals surface area contributed by atoms with Gasteiger partial charge in [-0.2, -0.15) is 0 Å². The summed E-state index contributed by atoms with van der Waals surface area (Å²) in [4.78, 5) is 41.3. The van der Waals surface area contributed by atoms with Gasteiger partial charge in [-0.3, -0.25) is 9.59 Å². The van der Waals surface area contributed by atoms with Crippen LogP contribution in [0.2, 0.25) is 5.02 Å². The van der Waals surface area contributed by atoms with E-state index >= 15 is 0 Å². The second kappa shape index (κ2) is 11.7. The number of carbonyl (C=O) groups is 2. The topological polar surface area (TPSA) is 106 Å². The SMILES string of the molecule is CN(C)C/C=C/C(=O)Nc1ccc(C(=O)N2CC[C@H](Nc3ncc(Cl)c(-c4c[nH]c5ccccc45)n3)C2)cc1. The number of carbonyl (C=O) groups excluding carboxylic acids is 2. The molecule has 200 valence electrons. The Kier molecular flexibility index (Phi) is 7.90. The number of H-pyrrole nitrogens is 1. The van der Waals surface area contributed by atoms with Gasteiger partial charge in [0.1, 0.15) is 0 Å². The second-order valence-corrected chi connectivity index (χ2v) is 10.2. The van der Waals surface area contributed by atoms with Crippen molar-refractivity contribution in [1.82, 2.24) is 24.8 Å². The molecule has 4 aromatic rings. The summed E-state index contributed by atoms with van der Waals surface area (Å²) in [6.07, 6.45) is 7.57. The molecule has 3 N–H and O–H groups in total. The number of likely N-dealkylation sites (N-methyl/N-ethyl adjacent to an activating group) is 1. The van der Waals surface area contributed by atoms with Crippen molar-refractivity contribution in [3.8, 4) is 11.3 Å². The molecule has 1 fully saturated rings. The molecule has 1 aliphatic rings. The van der Waals surface area contributed by atoms with Crippen LogP contribution in [-0.2, 0) is 4.79 Å². The van der Waals surface area contributed by atoms with Gasteiger partial charge in [-0.25, -0.2) is 9.97 Å². The number of amides is 2. The number of rotatable bonds is 8. The van der Waals surface area contributed by atoms with Crippen LogP contribution >= 0.6 is 11.6 Å². The van der Waals surface area contributed by atoms with Crippen molar-refractivity contribution in [2.24, 2.45) is 0 Å². The maximum Gasteiger partial charge on any atom is 0.253 e. The number of aromatic amines is 1. The van der Waals surface area contributed by atoms with Gasteiger partial charge in [0, 0.05) is 65.7 Å². The zero-order valence-corrected chi connectivity index (χ0v) is 22.6. The number of halogens is 1. The average molecular weight is 544 g/mol. The molecule has 2 amide bonds. The average Bonchev–Trinajstić information content (AvgIpc) is 3.57. The lowest BCUT2D eigenvalue weighted by molar-refractivity contribution is -0.111. The molecule has 0 aliphatic carbocycles. The van der Waals surface area contributed by atoms with Crippen molar-refractivity contribution in [3.63, 3.8) is 0 Å². The van der Waals surface area contributed by atoms with Crippen LogP contribution in [-0.4, -0.2) is 76.3 Å². The minimum Gasteiger partial charge on any atom is -0.360 e. The van der Waals surface area contributed by atoms with Gasteiger partial charge in [-0.1, -0.05) is 35.9 Å². The molecule has 1 aliphatic heterocycles. The summed E-state index contributed by atoms with van der Waals surface area (Å²) in [7, 11) is 3.87. The van der Waals surface area contributed by atoms with Crippen molar-refractivity contribution in [2.75, 3.05) is 44.4 Å². The van der Waals surface area contributed by atoms with Crippen LogP contribution < -0.4 is 10.6 Å². The number of hydrogen-bond acceptors (Lipinski definition) is 6. The summed E-state index contributed by atoms with van der Waals surface area (Å²) in [5.74, 6) is 0.208. The van der Waals surface area contributed by atoms with Gasteiger partial charge in [0.25, 0.3) is 5.91 Å². The molecule has 2 aromatic heterocycles. The minimum atomic E-state index is -0.207. The smallest absolute Gasteiger partial charge is 0.253 e. The molecular formula is C29H30ClN7O2. The monoisotopic (exact) mass is 543 g/mol. The minimum absolute atomic E-state index is 0.0125. The Bertz CT molecular complexity index is 1510. The first-order valence-electron chi connectivity index (χ1n) is 12.7. The molecule has 0 bridgehead atoms. The maximum atomic E-state index is 13.1. The lowest BCUT2D eigenvalue weighted by Gasteiger charge is -2.18. The van der Waals surface area contributed by atoms with Crippen LogP contribution in [0.5, 0.6) is 0 Å². The number of nitrogens with one attached hydrogen (secondary N) is 3. The number of fused-ring (bicyclic) bond motifs is 1. The Balaban J connectivity index is 1.19. The highest BCUT2D eigenvalue weighted by molar-refractivity contribution is 6.33. The van der Waals surface area contributed by atoms with Crippen molar-refractivity contribution >= 4 is 46.0 Å². The van der Waals surface area contributed by atoms with E-state index in [0.29, 0.717) is 47.6 Å². The molecule has 1 atom stereocenters. The molecule has 0 saturated carbocycles. The molecular weight excluding hydrogens is 514 g/mol. The summed E-state index contributed by atoms with van der Waals surface area (Å²) >= 11 is 6.46. The normalized spacial score (nSPS) is 15.4. The Morgan fingerprint density at radius 1 is 1.18 bits per heavy atom. The first kappa shape index (κ1) is 26.4. The van der Waals surface area contributed by atoms with Crippen LogP contribution in [0.25, 0.3) is 22.2 Å². The number of hydrogen-bond donors (Lipinski definition) is 3. The third-order valence-corrected chi connectivity index (χ3v) is 6.81. The fourth-order valence-corrected chi connectivity index (χ4v) is 4.76. The lowest BCUT2D eigenvalue weighted by atomic mass is 10.1. The fraction of sp³-hybridized carbons (Fsp3) is 0.241. The number of anilines is 2. The Morgan fingerprint density at radius 3 is 2.77 bits per heavy atom. The zero-order valence-electron chi connectivity index (χ0n) is 21.8. The molecule has 10 heteroatoms. The summed E-state index contributed by atoms with van der Waals surface area (Å²) < 4.78 is 0. The molecule has 39 heavy (non-hydrogen) atoms. The lowest BCUT2D eigenvalue weighted by Crippen LogP contribution is -2.31. The molecule has 5 rings (SSSR count). The van der Waals surface area contributed by atoms with Gasteiger partial charge in [-0.05, 0) is 50.8 Å². The van der Waals surface area contributed by atoms with Crippen molar-refractivity contribution in [1.29, 1.82) is 0 Å². The van der Waals surface area contributed by atoms with E-state index in [1.165, 1.54) is 6.08 Å². The zero-order chi connectivity index (χ0) is 27.4. The van der Waals surface area contributed by atoms with E-state index in [4.69, 9.17) is 16.6 Å². The van der Waals surface area contributed by atoms with Gasteiger partial charge < -0.3 is 25.4 Å². The fourth-order valence-electron chi connectivity index (χ4n) is 4.57. The number of aromatic nitrogens is 3. The summed E-state index contributed by atoms with van der Waals surface area (Å²) in [6, 6.07) is 14.9. The van der Waals surface area contributed by atoms with Crippen molar-refractivity contribution in [3.05, 3.63) is 83.7 Å². The Hall–Kier alpha value is -4.21. The van der Waals surface area contributed by atoms with Crippen molar-refractivity contribution < 1.29 is 9.59 Å². The van der Waals surface area contributed by atoms with E-state index in [2.05, 4.69) is 20.6 Å². The molecule has 1 saturated heterocycles. The summed E-state index contributed by atoms with van der Waals surface area (Å²) in [5.41, 5.74) is 3.78. The van der Waals surface area contributed by atoms with E-state index in [0.717, 1.165) is 22.9 Å². The van der Waals surface area contributed by atoms with Gasteiger partial charge in [-0.15, -0.1) is 0 Å². The maximum absolute atomic E-state index is 13.1. The molecule has 2 aromatic carbocycles. The third-order valence-electron chi connectivity index (χ3n) is 6.54. The van der Waals surface area contributed by atoms with E-state index in [9.17, 15) is 9.59 Å². The quantitative estimate of drug-likeness (QED) is 0.279. The number of likely N-dealkylation sites (tertiary alicyclic amines) is 1. The third kappa shape index (κ3) is 6.27. The van der Waals surface area contributed by atoms with E-state index in [1.54, 1.807) is 36.5 Å². The van der Waals surface area contributed by atoms with E-state index in [-0.39, 0.29) is 17.9 Å². The van der Waals surface area contributed by atoms with Crippen LogP contribution in [0.15, 0.2) is 73.1 Å². The Labute approximate surface area is 231 Å². The second-order valence-electron chi connectivity index (χ2n) is 9.75. The molecule has 3 heterocycles. The number of benzene rings is 2. The predicted octanol–water partition coefficient (Wildman–Crippen LogP) is 4.66. The molecule has 0 unspecified atom stereocenters. The molecule has 0 spiro atoms. The highest BCUT2D eigenvalue weighted by atomic mass is 35.5. The van der Waals surface area contributed by atoms with Gasteiger partial charge >= 0.3 is 0 Å². The van der Waals surface area contributed by atoms with Gasteiger partial charge in [0.05, 0.1) is 16.9 Å². The molecule has 9 nitrogen and oxygen atoms in total. The van der Waals surface area contributed by atoms with E-state index in [1.807, 2.05) is 54.4 Å². The van der Waals surface area contributed by atoms with E-state index < -0.39 is 0 Å². The summed E-state index contributed by atoms with van der Waals surface area (Å²) in [5, 5.41) is 7.68. The predicted molar refractivity (Wildman–Crippen MR) is 155 cm³/mol.